The average molecular weight is 492 g/mol. The minimum absolute atomic E-state index is 0.0111. The van der Waals surface area contributed by atoms with E-state index < -0.39 is 15.9 Å². The Balaban J connectivity index is 1.82. The van der Waals surface area contributed by atoms with Gasteiger partial charge in [-0.05, 0) is 71.6 Å². The summed E-state index contributed by atoms with van der Waals surface area (Å²) in [6.07, 6.45) is 1.67. The number of hydrogen-bond donors (Lipinski definition) is 2. The number of carbonyl (C=O) groups is 1. The summed E-state index contributed by atoms with van der Waals surface area (Å²) in [5.41, 5.74) is 0.940. The van der Waals surface area contributed by atoms with Gasteiger partial charge in [0.2, 0.25) is 10.0 Å². The molecule has 144 valence electrons. The van der Waals surface area contributed by atoms with Gasteiger partial charge in [-0.3, -0.25) is 4.79 Å². The minimum atomic E-state index is -3.65. The first kappa shape index (κ1) is 20.6. The molecule has 2 aromatic carbocycles. The zero-order chi connectivity index (χ0) is 19.8. The number of rotatable bonds is 6. The molecule has 1 atom stereocenters. The Labute approximate surface area is 176 Å². The Morgan fingerprint density at radius 3 is 2.52 bits per heavy atom. The molecular formula is C18H17BrCl2N2O3S. The van der Waals surface area contributed by atoms with Gasteiger partial charge in [-0.15, -0.1) is 0 Å². The Morgan fingerprint density at radius 1 is 1.19 bits per heavy atom. The van der Waals surface area contributed by atoms with E-state index in [4.69, 9.17) is 23.2 Å². The van der Waals surface area contributed by atoms with Crippen LogP contribution in [0.25, 0.3) is 0 Å². The molecular weight excluding hydrogens is 475 g/mol. The van der Waals surface area contributed by atoms with Crippen LogP contribution in [0.5, 0.6) is 0 Å². The van der Waals surface area contributed by atoms with Crippen LogP contribution in [0, 0.1) is 0 Å². The van der Waals surface area contributed by atoms with Crippen LogP contribution >= 0.6 is 39.1 Å². The molecule has 3 rings (SSSR count). The number of halogens is 3. The Morgan fingerprint density at radius 2 is 1.89 bits per heavy atom. The van der Waals surface area contributed by atoms with E-state index in [1.54, 1.807) is 31.2 Å². The van der Waals surface area contributed by atoms with Crippen molar-refractivity contribution in [2.24, 2.45) is 0 Å². The maximum atomic E-state index is 12.7. The topological polar surface area (TPSA) is 75.3 Å². The van der Waals surface area contributed by atoms with E-state index in [0.29, 0.717) is 20.1 Å². The summed E-state index contributed by atoms with van der Waals surface area (Å²) in [6.45, 7) is 1.79. The van der Waals surface area contributed by atoms with Crippen molar-refractivity contribution in [1.29, 1.82) is 0 Å². The van der Waals surface area contributed by atoms with Gasteiger partial charge in [0.05, 0.1) is 16.5 Å². The van der Waals surface area contributed by atoms with E-state index in [0.717, 1.165) is 12.8 Å². The highest BCUT2D eigenvalue weighted by Gasteiger charge is 2.28. The molecule has 2 aromatic rings. The molecule has 0 saturated heterocycles. The third-order valence-electron chi connectivity index (χ3n) is 4.17. The lowest BCUT2D eigenvalue weighted by atomic mass is 10.1. The van der Waals surface area contributed by atoms with Crippen molar-refractivity contribution < 1.29 is 13.2 Å². The molecule has 1 aliphatic rings. The predicted molar refractivity (Wildman–Crippen MR) is 110 cm³/mol. The van der Waals surface area contributed by atoms with Crippen LogP contribution < -0.4 is 10.0 Å². The number of carbonyl (C=O) groups excluding carboxylic acids is 1. The second-order valence-corrected chi connectivity index (χ2v) is 9.81. The van der Waals surface area contributed by atoms with Gasteiger partial charge < -0.3 is 5.32 Å². The molecule has 0 bridgehead atoms. The summed E-state index contributed by atoms with van der Waals surface area (Å²) >= 11 is 15.4. The van der Waals surface area contributed by atoms with Crippen LogP contribution in [0.4, 0.5) is 0 Å². The zero-order valence-electron chi connectivity index (χ0n) is 14.3. The second-order valence-electron chi connectivity index (χ2n) is 6.40. The van der Waals surface area contributed by atoms with Crippen molar-refractivity contribution in [3.63, 3.8) is 0 Å². The molecule has 27 heavy (non-hydrogen) atoms. The van der Waals surface area contributed by atoms with Crippen molar-refractivity contribution >= 4 is 55.1 Å². The average Bonchev–Trinajstić information content (AvgIpc) is 3.38. The van der Waals surface area contributed by atoms with E-state index in [2.05, 4.69) is 26.0 Å². The quantitative estimate of drug-likeness (QED) is 0.615. The van der Waals surface area contributed by atoms with Gasteiger partial charge in [0, 0.05) is 20.6 Å². The summed E-state index contributed by atoms with van der Waals surface area (Å²) < 4.78 is 27.9. The molecule has 1 saturated carbocycles. The number of sulfonamides is 1. The van der Waals surface area contributed by atoms with Gasteiger partial charge in [0.1, 0.15) is 0 Å². The highest BCUT2D eigenvalue weighted by molar-refractivity contribution is 9.10. The summed E-state index contributed by atoms with van der Waals surface area (Å²) in [5, 5.41) is 3.78. The molecule has 5 nitrogen and oxygen atoms in total. The lowest BCUT2D eigenvalue weighted by Gasteiger charge is -2.17. The molecule has 1 fully saturated rings. The number of amides is 1. The predicted octanol–water partition coefficient (Wildman–Crippen LogP) is 4.69. The monoisotopic (exact) mass is 490 g/mol. The lowest BCUT2D eigenvalue weighted by Crippen LogP contribution is -2.28. The first-order valence-corrected chi connectivity index (χ1v) is 11.3. The molecule has 0 aromatic heterocycles. The second kappa shape index (κ2) is 8.09. The molecule has 1 amide bonds. The minimum Gasteiger partial charge on any atom is -0.345 e. The standard InChI is InChI=1S/C18H17BrCl2N2O3S/c1-10(14-6-2-11(20)8-17(14)21)22-18(24)15-9-13(5-7-16(15)19)27(25,26)23-12-3-4-12/h2,5-10,12,23H,3-4H2,1H3,(H,22,24). The molecule has 0 heterocycles. The van der Waals surface area contributed by atoms with Crippen molar-refractivity contribution in [3.8, 4) is 0 Å². The number of hydrogen-bond acceptors (Lipinski definition) is 3. The van der Waals surface area contributed by atoms with Gasteiger partial charge >= 0.3 is 0 Å². The number of nitrogens with one attached hydrogen (secondary N) is 2. The van der Waals surface area contributed by atoms with Crippen molar-refractivity contribution in [3.05, 3.63) is 62.0 Å². The molecule has 1 aliphatic carbocycles. The zero-order valence-corrected chi connectivity index (χ0v) is 18.2. The van der Waals surface area contributed by atoms with E-state index in [9.17, 15) is 13.2 Å². The fourth-order valence-electron chi connectivity index (χ4n) is 2.54. The van der Waals surface area contributed by atoms with Gasteiger partial charge in [-0.1, -0.05) is 29.3 Å². The largest absolute Gasteiger partial charge is 0.345 e. The van der Waals surface area contributed by atoms with E-state index in [1.165, 1.54) is 12.1 Å². The van der Waals surface area contributed by atoms with E-state index in [-0.39, 0.29) is 22.5 Å². The third kappa shape index (κ3) is 5.03. The van der Waals surface area contributed by atoms with Gasteiger partial charge in [0.15, 0.2) is 0 Å². The highest BCUT2D eigenvalue weighted by atomic mass is 79.9. The summed E-state index contributed by atoms with van der Waals surface area (Å²) in [6, 6.07) is 9.01. The maximum Gasteiger partial charge on any atom is 0.252 e. The summed E-state index contributed by atoms with van der Waals surface area (Å²) in [5.74, 6) is -0.413. The smallest absolute Gasteiger partial charge is 0.252 e. The maximum absolute atomic E-state index is 12.7. The normalized spacial score (nSPS) is 15.4. The molecule has 2 N–H and O–H groups in total. The van der Waals surface area contributed by atoms with Gasteiger partial charge in [-0.25, -0.2) is 13.1 Å². The fourth-order valence-corrected chi connectivity index (χ4v) is 4.87. The van der Waals surface area contributed by atoms with Gasteiger partial charge in [-0.2, -0.15) is 0 Å². The van der Waals surface area contributed by atoms with E-state index >= 15 is 0 Å². The molecule has 1 unspecified atom stereocenters. The fraction of sp³-hybridized carbons (Fsp3) is 0.278. The first-order valence-electron chi connectivity index (χ1n) is 8.25. The Bertz CT molecular complexity index is 994. The number of benzene rings is 2. The summed E-state index contributed by atoms with van der Waals surface area (Å²) in [7, 11) is -3.65. The first-order chi connectivity index (χ1) is 12.7. The van der Waals surface area contributed by atoms with Crippen LogP contribution in [-0.2, 0) is 10.0 Å². The van der Waals surface area contributed by atoms with Crippen LogP contribution in [0.3, 0.4) is 0 Å². The lowest BCUT2D eigenvalue weighted by molar-refractivity contribution is 0.0939. The van der Waals surface area contributed by atoms with Crippen molar-refractivity contribution in [1.82, 2.24) is 10.0 Å². The third-order valence-corrected chi connectivity index (χ3v) is 6.94. The molecule has 0 aliphatic heterocycles. The van der Waals surface area contributed by atoms with Crippen LogP contribution in [0.15, 0.2) is 45.8 Å². The molecule has 0 spiro atoms. The summed E-state index contributed by atoms with van der Waals surface area (Å²) in [4.78, 5) is 12.8. The molecule has 9 heteroatoms. The van der Waals surface area contributed by atoms with Crippen molar-refractivity contribution in [2.45, 2.75) is 36.7 Å². The Hall–Kier alpha value is -1.12. The van der Waals surface area contributed by atoms with Crippen LogP contribution in [-0.4, -0.2) is 20.4 Å². The van der Waals surface area contributed by atoms with E-state index in [1.807, 2.05) is 0 Å². The highest BCUT2D eigenvalue weighted by Crippen LogP contribution is 2.28. The van der Waals surface area contributed by atoms with Crippen LogP contribution in [0.2, 0.25) is 10.0 Å². The SMILES string of the molecule is CC(NC(=O)c1cc(S(=O)(=O)NC2CC2)ccc1Br)c1ccc(Cl)cc1Cl. The Kier molecular flexibility index (Phi) is 6.17. The van der Waals surface area contributed by atoms with Gasteiger partial charge in [0.25, 0.3) is 5.91 Å². The molecule has 0 radical (unpaired) electrons. The van der Waals surface area contributed by atoms with Crippen LogP contribution in [0.1, 0.15) is 41.7 Å². The van der Waals surface area contributed by atoms with Crippen molar-refractivity contribution in [2.75, 3.05) is 0 Å².